The number of carbonyl (C=O) groups is 2. The van der Waals surface area contributed by atoms with E-state index in [-0.39, 0.29) is 17.9 Å². The van der Waals surface area contributed by atoms with Gasteiger partial charge in [0.25, 0.3) is 11.8 Å². The van der Waals surface area contributed by atoms with E-state index in [9.17, 15) is 9.59 Å². The van der Waals surface area contributed by atoms with Gasteiger partial charge in [0.1, 0.15) is 17.2 Å². The highest BCUT2D eigenvalue weighted by molar-refractivity contribution is 6.45. The first-order valence-corrected chi connectivity index (χ1v) is 11.4. The van der Waals surface area contributed by atoms with E-state index in [1.165, 1.54) is 4.90 Å². The third kappa shape index (κ3) is 4.46. The molecule has 1 saturated heterocycles. The van der Waals surface area contributed by atoms with Crippen LogP contribution in [0.5, 0.6) is 11.5 Å². The minimum atomic E-state index is -0.338. The molecule has 0 N–H and O–H groups in total. The zero-order valence-corrected chi connectivity index (χ0v) is 19.7. The van der Waals surface area contributed by atoms with Gasteiger partial charge in [0.2, 0.25) is 0 Å². The van der Waals surface area contributed by atoms with Crippen molar-refractivity contribution in [1.29, 1.82) is 0 Å². The van der Waals surface area contributed by atoms with Crippen LogP contribution in [0.1, 0.15) is 26.3 Å². The molecule has 0 unspecified atom stereocenters. The van der Waals surface area contributed by atoms with E-state index in [0.717, 1.165) is 19.6 Å². The summed E-state index contributed by atoms with van der Waals surface area (Å²) in [5.41, 5.74) is 2.00. The Morgan fingerprint density at radius 3 is 2.18 bits per heavy atom. The van der Waals surface area contributed by atoms with Crippen molar-refractivity contribution >= 4 is 23.1 Å². The highest BCUT2D eigenvalue weighted by Gasteiger charge is 2.43. The number of amides is 2. The molecule has 2 amide bonds. The number of para-hydroxylation sites is 1. The molecule has 0 spiro atoms. The van der Waals surface area contributed by atoms with Gasteiger partial charge in [0.15, 0.2) is 0 Å². The zero-order valence-electron chi connectivity index (χ0n) is 19.7. The van der Waals surface area contributed by atoms with Gasteiger partial charge >= 0.3 is 0 Å². The fourth-order valence-electron chi connectivity index (χ4n) is 4.37. The van der Waals surface area contributed by atoms with E-state index < -0.39 is 0 Å². The SMILES string of the molecule is CCN1CCN(C2=C(c3ccccc3OC)C(=O)N(c3ccc(OC(C)C)cc3)C2=O)CC1. The first-order chi connectivity index (χ1) is 15.9. The summed E-state index contributed by atoms with van der Waals surface area (Å²) in [4.78, 5) is 33.1. The number of hydrogen-bond donors (Lipinski definition) is 0. The Hall–Kier alpha value is -3.32. The summed E-state index contributed by atoms with van der Waals surface area (Å²) in [5.74, 6) is 0.626. The molecule has 7 heteroatoms. The molecule has 0 saturated carbocycles. The summed E-state index contributed by atoms with van der Waals surface area (Å²) in [6.45, 7) is 10.1. The highest BCUT2D eigenvalue weighted by atomic mass is 16.5. The Kier molecular flexibility index (Phi) is 6.70. The molecule has 0 aromatic heterocycles. The monoisotopic (exact) mass is 449 g/mol. The summed E-state index contributed by atoms with van der Waals surface area (Å²) >= 11 is 0. The van der Waals surface area contributed by atoms with Crippen molar-refractivity contribution in [3.05, 3.63) is 59.8 Å². The number of carbonyl (C=O) groups excluding carboxylic acids is 2. The Labute approximate surface area is 195 Å². The van der Waals surface area contributed by atoms with Crippen LogP contribution in [0.4, 0.5) is 5.69 Å². The van der Waals surface area contributed by atoms with E-state index in [1.807, 2.05) is 43.0 Å². The van der Waals surface area contributed by atoms with Crippen LogP contribution in [0.25, 0.3) is 5.57 Å². The molecule has 0 aliphatic carbocycles. The maximum absolute atomic E-state index is 13.7. The minimum absolute atomic E-state index is 0.0399. The molecule has 2 heterocycles. The second kappa shape index (κ2) is 9.67. The number of anilines is 1. The van der Waals surface area contributed by atoms with Crippen LogP contribution >= 0.6 is 0 Å². The first-order valence-electron chi connectivity index (χ1n) is 11.4. The number of ether oxygens (including phenoxy) is 2. The van der Waals surface area contributed by atoms with Crippen LogP contribution in [-0.2, 0) is 9.59 Å². The van der Waals surface area contributed by atoms with Crippen molar-refractivity contribution in [3.8, 4) is 11.5 Å². The first kappa shape index (κ1) is 22.9. The molecule has 7 nitrogen and oxygen atoms in total. The van der Waals surface area contributed by atoms with Gasteiger partial charge in [-0.2, -0.15) is 0 Å². The fraction of sp³-hybridized carbons (Fsp3) is 0.385. The maximum Gasteiger partial charge on any atom is 0.282 e. The molecule has 2 aromatic rings. The van der Waals surface area contributed by atoms with E-state index in [4.69, 9.17) is 9.47 Å². The van der Waals surface area contributed by atoms with Crippen molar-refractivity contribution in [1.82, 2.24) is 9.80 Å². The Bertz CT molecular complexity index is 1050. The van der Waals surface area contributed by atoms with Gasteiger partial charge in [-0.1, -0.05) is 25.1 Å². The van der Waals surface area contributed by atoms with Crippen molar-refractivity contribution in [2.45, 2.75) is 26.9 Å². The summed E-state index contributed by atoms with van der Waals surface area (Å²) in [5, 5.41) is 0. The Morgan fingerprint density at radius 1 is 0.909 bits per heavy atom. The Balaban J connectivity index is 1.74. The molecule has 174 valence electrons. The number of likely N-dealkylation sites (N-methyl/N-ethyl adjacent to an activating group) is 1. The highest BCUT2D eigenvalue weighted by Crippen LogP contribution is 2.38. The molecule has 2 aliphatic rings. The predicted octanol–water partition coefficient (Wildman–Crippen LogP) is 3.40. The van der Waals surface area contributed by atoms with E-state index >= 15 is 0 Å². The van der Waals surface area contributed by atoms with E-state index in [0.29, 0.717) is 47.1 Å². The minimum Gasteiger partial charge on any atom is -0.496 e. The lowest BCUT2D eigenvalue weighted by Crippen LogP contribution is -2.47. The second-order valence-electron chi connectivity index (χ2n) is 8.45. The van der Waals surface area contributed by atoms with Crippen molar-refractivity contribution in [2.75, 3.05) is 44.7 Å². The normalized spacial score (nSPS) is 17.4. The number of benzene rings is 2. The largest absolute Gasteiger partial charge is 0.496 e. The van der Waals surface area contributed by atoms with Crippen LogP contribution < -0.4 is 14.4 Å². The molecular weight excluding hydrogens is 418 g/mol. The number of nitrogens with zero attached hydrogens (tertiary/aromatic N) is 3. The van der Waals surface area contributed by atoms with Gasteiger partial charge in [0.05, 0.1) is 24.5 Å². The molecule has 1 fully saturated rings. The summed E-state index contributed by atoms with van der Waals surface area (Å²) in [6, 6.07) is 14.5. The zero-order chi connectivity index (χ0) is 23.5. The fourth-order valence-corrected chi connectivity index (χ4v) is 4.37. The Morgan fingerprint density at radius 2 is 1.58 bits per heavy atom. The maximum atomic E-state index is 13.7. The lowest BCUT2D eigenvalue weighted by atomic mass is 10.0. The molecular formula is C26H31N3O4. The topological polar surface area (TPSA) is 62.3 Å². The molecule has 2 aliphatic heterocycles. The third-order valence-electron chi connectivity index (χ3n) is 6.04. The van der Waals surface area contributed by atoms with Crippen LogP contribution in [0.15, 0.2) is 54.2 Å². The average Bonchev–Trinajstić information content (AvgIpc) is 3.09. The quantitative estimate of drug-likeness (QED) is 0.604. The van der Waals surface area contributed by atoms with Gasteiger partial charge in [-0.05, 0) is 50.7 Å². The van der Waals surface area contributed by atoms with E-state index in [1.54, 1.807) is 31.4 Å². The van der Waals surface area contributed by atoms with Gasteiger partial charge in [-0.15, -0.1) is 0 Å². The van der Waals surface area contributed by atoms with Gasteiger partial charge in [-0.3, -0.25) is 9.59 Å². The molecule has 0 bridgehead atoms. The van der Waals surface area contributed by atoms with Gasteiger partial charge in [0, 0.05) is 31.7 Å². The molecule has 33 heavy (non-hydrogen) atoms. The number of imide groups is 1. The van der Waals surface area contributed by atoms with Crippen LogP contribution in [-0.4, -0.2) is 67.6 Å². The van der Waals surface area contributed by atoms with E-state index in [2.05, 4.69) is 11.8 Å². The molecule has 0 radical (unpaired) electrons. The smallest absolute Gasteiger partial charge is 0.282 e. The van der Waals surface area contributed by atoms with Crippen LogP contribution in [0, 0.1) is 0 Å². The summed E-state index contributed by atoms with van der Waals surface area (Å²) in [6.07, 6.45) is 0.0399. The number of methoxy groups -OCH3 is 1. The number of piperazine rings is 1. The van der Waals surface area contributed by atoms with Crippen LogP contribution in [0.3, 0.4) is 0 Å². The number of hydrogen-bond acceptors (Lipinski definition) is 6. The van der Waals surface area contributed by atoms with Crippen molar-refractivity contribution in [2.24, 2.45) is 0 Å². The number of rotatable bonds is 7. The second-order valence-corrected chi connectivity index (χ2v) is 8.45. The molecule has 4 rings (SSSR count). The average molecular weight is 450 g/mol. The third-order valence-corrected chi connectivity index (χ3v) is 6.04. The van der Waals surface area contributed by atoms with Gasteiger partial charge < -0.3 is 19.3 Å². The van der Waals surface area contributed by atoms with Crippen LogP contribution in [0.2, 0.25) is 0 Å². The lowest BCUT2D eigenvalue weighted by molar-refractivity contribution is -0.120. The standard InChI is InChI=1S/C26H31N3O4/c1-5-27-14-16-28(17-15-27)24-23(21-8-6-7-9-22(21)32-4)25(30)29(26(24)31)19-10-12-20(13-11-19)33-18(2)3/h6-13,18H,5,14-17H2,1-4H3. The van der Waals surface area contributed by atoms with Gasteiger partial charge in [-0.25, -0.2) is 4.90 Å². The van der Waals surface area contributed by atoms with Crippen molar-refractivity contribution < 1.29 is 19.1 Å². The summed E-state index contributed by atoms with van der Waals surface area (Å²) in [7, 11) is 1.57. The molecule has 2 aromatic carbocycles. The van der Waals surface area contributed by atoms with Crippen molar-refractivity contribution in [3.63, 3.8) is 0 Å². The molecule has 0 atom stereocenters. The lowest BCUT2D eigenvalue weighted by Gasteiger charge is -2.36. The summed E-state index contributed by atoms with van der Waals surface area (Å²) < 4.78 is 11.3. The predicted molar refractivity (Wildman–Crippen MR) is 128 cm³/mol.